The van der Waals surface area contributed by atoms with E-state index in [1.165, 1.54) is 0 Å². The van der Waals surface area contributed by atoms with E-state index in [0.29, 0.717) is 18.6 Å². The van der Waals surface area contributed by atoms with E-state index in [2.05, 4.69) is 45.3 Å². The van der Waals surface area contributed by atoms with Crippen molar-refractivity contribution < 1.29 is 14.0 Å². The van der Waals surface area contributed by atoms with E-state index < -0.39 is 20.0 Å². The number of benzene rings is 1. The summed E-state index contributed by atoms with van der Waals surface area (Å²) in [6.07, 6.45) is 0.214. The zero-order valence-corrected chi connectivity index (χ0v) is 20.6. The first-order chi connectivity index (χ1) is 13.2. The molecule has 1 rings (SSSR count). The van der Waals surface area contributed by atoms with Crippen LogP contribution in [0.2, 0.25) is 18.1 Å². The van der Waals surface area contributed by atoms with Crippen molar-refractivity contribution in [3.63, 3.8) is 0 Å². The third-order valence-corrected chi connectivity index (χ3v) is 10.0. The third-order valence-electron chi connectivity index (χ3n) is 5.54. The summed E-state index contributed by atoms with van der Waals surface area (Å²) >= 11 is 0. The highest BCUT2D eigenvalue weighted by Crippen LogP contribution is 2.37. The van der Waals surface area contributed by atoms with Gasteiger partial charge in [0.25, 0.3) is 0 Å². The van der Waals surface area contributed by atoms with Gasteiger partial charge in [0.05, 0.1) is 11.6 Å². The van der Waals surface area contributed by atoms with Gasteiger partial charge in [-0.1, -0.05) is 39.0 Å². The van der Waals surface area contributed by atoms with Gasteiger partial charge < -0.3 is 14.5 Å². The highest BCUT2D eigenvalue weighted by Gasteiger charge is 2.38. The Balaban J connectivity index is 3.01. The van der Waals surface area contributed by atoms with E-state index in [-0.39, 0.29) is 17.0 Å². The van der Waals surface area contributed by atoms with Crippen LogP contribution in [-0.4, -0.2) is 32.7 Å². The molecule has 1 N–H and O–H groups in total. The van der Waals surface area contributed by atoms with Crippen molar-refractivity contribution in [3.8, 4) is 6.07 Å². The molecule has 0 aromatic heterocycles. The number of nitriles is 1. The molecule has 0 fully saturated rings. The highest BCUT2D eigenvalue weighted by atomic mass is 28.4. The van der Waals surface area contributed by atoms with Crippen LogP contribution in [0.15, 0.2) is 24.3 Å². The van der Waals surface area contributed by atoms with E-state index in [9.17, 15) is 10.1 Å². The van der Waals surface area contributed by atoms with Crippen LogP contribution < -0.4 is 5.32 Å². The fraction of sp³-hybridized carbons (Fsp3) is 0.652. The first-order valence-corrected chi connectivity index (χ1v) is 13.2. The average Bonchev–Trinajstić information content (AvgIpc) is 2.55. The van der Waals surface area contributed by atoms with Crippen molar-refractivity contribution in [2.24, 2.45) is 5.92 Å². The maximum Gasteiger partial charge on any atom is 0.407 e. The van der Waals surface area contributed by atoms with Gasteiger partial charge in [0.15, 0.2) is 8.32 Å². The van der Waals surface area contributed by atoms with E-state index in [0.717, 1.165) is 5.56 Å². The fourth-order valence-corrected chi connectivity index (χ4v) is 3.68. The molecule has 0 radical (unpaired) electrons. The SMILES string of the molecule is C[C@@H](NC(=O)OC(C)(C)C)[C@H](CO[Si](C)(C)C(C)(C)C)Cc1ccccc1C#N. The van der Waals surface area contributed by atoms with Crippen LogP contribution in [0, 0.1) is 17.2 Å². The third kappa shape index (κ3) is 8.20. The van der Waals surface area contributed by atoms with Crippen LogP contribution in [0.25, 0.3) is 0 Å². The number of ether oxygens (including phenoxy) is 1. The first kappa shape index (κ1) is 25.2. The van der Waals surface area contributed by atoms with Crippen LogP contribution in [0.4, 0.5) is 4.79 Å². The molecule has 0 heterocycles. The summed E-state index contributed by atoms with van der Waals surface area (Å²) in [7, 11) is -1.94. The lowest BCUT2D eigenvalue weighted by Crippen LogP contribution is -2.47. The molecule has 5 nitrogen and oxygen atoms in total. The van der Waals surface area contributed by atoms with Crippen LogP contribution in [-0.2, 0) is 15.6 Å². The molecule has 1 aromatic rings. The average molecular weight is 419 g/mol. The Hall–Kier alpha value is -1.84. The molecule has 0 saturated heterocycles. The van der Waals surface area contributed by atoms with Crippen LogP contribution in [0.5, 0.6) is 0 Å². The van der Waals surface area contributed by atoms with Gasteiger partial charge in [0, 0.05) is 18.6 Å². The summed E-state index contributed by atoms with van der Waals surface area (Å²) in [6.45, 7) is 19.1. The number of amides is 1. The summed E-state index contributed by atoms with van der Waals surface area (Å²) in [5.74, 6) is 0.0196. The number of hydrogen-bond donors (Lipinski definition) is 1. The number of nitrogens with one attached hydrogen (secondary N) is 1. The Labute approximate surface area is 177 Å². The summed E-state index contributed by atoms with van der Waals surface area (Å²) in [4.78, 5) is 12.3. The Morgan fingerprint density at radius 3 is 2.28 bits per heavy atom. The van der Waals surface area contributed by atoms with Gasteiger partial charge in [-0.05, 0) is 63.9 Å². The largest absolute Gasteiger partial charge is 0.444 e. The zero-order valence-electron chi connectivity index (χ0n) is 19.6. The van der Waals surface area contributed by atoms with E-state index >= 15 is 0 Å². The predicted molar refractivity (Wildman–Crippen MR) is 120 cm³/mol. The van der Waals surface area contributed by atoms with Crippen molar-refractivity contribution >= 4 is 14.4 Å². The van der Waals surface area contributed by atoms with Gasteiger partial charge in [-0.3, -0.25) is 0 Å². The lowest BCUT2D eigenvalue weighted by Gasteiger charge is -2.38. The van der Waals surface area contributed by atoms with Crippen LogP contribution in [0.3, 0.4) is 0 Å². The summed E-state index contributed by atoms with van der Waals surface area (Å²) in [5.41, 5.74) is 1.08. The molecule has 162 valence electrons. The highest BCUT2D eigenvalue weighted by molar-refractivity contribution is 6.74. The molecule has 0 spiro atoms. The minimum Gasteiger partial charge on any atom is -0.444 e. The van der Waals surface area contributed by atoms with Crippen molar-refractivity contribution in [2.45, 2.75) is 84.7 Å². The summed E-state index contributed by atoms with van der Waals surface area (Å²) in [6, 6.07) is 9.70. The standard InChI is InChI=1S/C23H38N2O3Si/c1-17(25-21(26)28-22(2,3)4)20(16-27-29(8,9)23(5,6)7)14-18-12-10-11-13-19(18)15-24/h10-13,17,20H,14,16H2,1-9H3,(H,25,26)/t17-,20+/m1/s1. The maximum atomic E-state index is 12.3. The molecule has 0 aliphatic rings. The molecule has 0 bridgehead atoms. The lowest BCUT2D eigenvalue weighted by molar-refractivity contribution is 0.0480. The minimum absolute atomic E-state index is 0.0196. The second-order valence-electron chi connectivity index (χ2n) is 10.2. The summed E-state index contributed by atoms with van der Waals surface area (Å²) < 4.78 is 11.9. The van der Waals surface area contributed by atoms with E-state index in [1.807, 2.05) is 52.0 Å². The Bertz CT molecular complexity index is 727. The van der Waals surface area contributed by atoms with Crippen molar-refractivity contribution in [1.29, 1.82) is 5.26 Å². The predicted octanol–water partition coefficient (Wildman–Crippen LogP) is 5.65. The quantitative estimate of drug-likeness (QED) is 0.581. The van der Waals surface area contributed by atoms with Crippen LogP contribution >= 0.6 is 0 Å². The van der Waals surface area contributed by atoms with Gasteiger partial charge >= 0.3 is 6.09 Å². The lowest BCUT2D eigenvalue weighted by atomic mass is 9.91. The molecular weight excluding hydrogens is 380 g/mol. The Morgan fingerprint density at radius 2 is 1.76 bits per heavy atom. The Kier molecular flexibility index (Phi) is 8.49. The Morgan fingerprint density at radius 1 is 1.17 bits per heavy atom. The molecule has 0 aliphatic carbocycles. The second kappa shape index (κ2) is 9.77. The number of rotatable bonds is 7. The van der Waals surface area contributed by atoms with Gasteiger partial charge in [-0.15, -0.1) is 0 Å². The molecule has 0 saturated carbocycles. The molecule has 2 atom stereocenters. The molecular formula is C23H38N2O3Si. The number of alkyl carbamates (subject to hydrolysis) is 1. The zero-order chi connectivity index (χ0) is 22.5. The van der Waals surface area contributed by atoms with Crippen molar-refractivity contribution in [3.05, 3.63) is 35.4 Å². The summed E-state index contributed by atoms with van der Waals surface area (Å²) in [5, 5.41) is 12.5. The smallest absolute Gasteiger partial charge is 0.407 e. The second-order valence-corrected chi connectivity index (χ2v) is 15.0. The van der Waals surface area contributed by atoms with Gasteiger partial charge in [0.2, 0.25) is 0 Å². The monoisotopic (exact) mass is 418 g/mol. The number of carbonyl (C=O) groups is 1. The van der Waals surface area contributed by atoms with Crippen molar-refractivity contribution in [1.82, 2.24) is 5.32 Å². The molecule has 6 heteroatoms. The molecule has 1 aromatic carbocycles. The fourth-order valence-electron chi connectivity index (χ4n) is 2.61. The van der Waals surface area contributed by atoms with E-state index in [4.69, 9.17) is 9.16 Å². The maximum absolute atomic E-state index is 12.3. The molecule has 0 aliphatic heterocycles. The van der Waals surface area contributed by atoms with Gasteiger partial charge in [0.1, 0.15) is 5.60 Å². The number of carbonyl (C=O) groups excluding carboxylic acids is 1. The number of nitrogens with zero attached hydrogens (tertiary/aromatic N) is 1. The minimum atomic E-state index is -1.94. The number of hydrogen-bond acceptors (Lipinski definition) is 4. The van der Waals surface area contributed by atoms with Gasteiger partial charge in [-0.2, -0.15) is 5.26 Å². The molecule has 0 unspecified atom stereocenters. The topological polar surface area (TPSA) is 71.3 Å². The molecule has 29 heavy (non-hydrogen) atoms. The van der Waals surface area contributed by atoms with Crippen LogP contribution in [0.1, 0.15) is 59.6 Å². The normalized spacial score (nSPS) is 14.6. The van der Waals surface area contributed by atoms with Gasteiger partial charge in [-0.25, -0.2) is 4.79 Å². The first-order valence-electron chi connectivity index (χ1n) is 10.3. The molecule has 1 amide bonds. The van der Waals surface area contributed by atoms with Crippen molar-refractivity contribution in [2.75, 3.05) is 6.61 Å². The van der Waals surface area contributed by atoms with E-state index in [1.54, 1.807) is 0 Å².